The number of hydrogen-bond acceptors (Lipinski definition) is 5. The van der Waals surface area contributed by atoms with Gasteiger partial charge in [0.2, 0.25) is 11.8 Å². The molecule has 2 aromatic rings. The Kier molecular flexibility index (Phi) is 4.42. The maximum atomic E-state index is 11.7. The molecule has 9 nitrogen and oxygen atoms in total. The minimum atomic E-state index is -1.62. The summed E-state index contributed by atoms with van der Waals surface area (Å²) in [5.74, 6) is -5.72. The molecule has 0 fully saturated rings. The van der Waals surface area contributed by atoms with Gasteiger partial charge in [-0.3, -0.25) is 9.59 Å². The molecule has 0 saturated heterocycles. The van der Waals surface area contributed by atoms with Gasteiger partial charge < -0.3 is 26.8 Å². The molecule has 0 aromatic heterocycles. The van der Waals surface area contributed by atoms with Crippen molar-refractivity contribution in [2.45, 2.75) is 0 Å². The number of amides is 2. The van der Waals surface area contributed by atoms with Gasteiger partial charge >= 0.3 is 11.9 Å². The molecule has 0 saturated carbocycles. The lowest BCUT2D eigenvalue weighted by Gasteiger charge is -2.16. The number of aromatic carboxylic acids is 2. The lowest BCUT2D eigenvalue weighted by Crippen LogP contribution is -2.24. The van der Waals surface area contributed by atoms with Crippen LogP contribution in [-0.4, -0.2) is 39.1 Å². The lowest BCUT2D eigenvalue weighted by molar-refractivity contribution is 0.0691. The number of carboxylic acid groups (broad SMARTS) is 2. The predicted octanol–water partition coefficient (Wildman–Crippen LogP) is 0.653. The van der Waals surface area contributed by atoms with E-state index in [1.807, 2.05) is 0 Å². The summed E-state index contributed by atoms with van der Waals surface area (Å²) in [7, 11) is 0. The standard InChI is InChI=1S/C16H12N2O7/c17-13(20)8-5-9(14(18)21)12(16(24)25)10(11(8)15(22)23)6-1-3-7(19)4-2-6/h1-5,19H,(H2,17,20)(H2,18,21)(H,22,23)(H,24,25). The van der Waals surface area contributed by atoms with Crippen molar-refractivity contribution < 1.29 is 34.5 Å². The second kappa shape index (κ2) is 6.32. The molecular weight excluding hydrogens is 332 g/mol. The third-order valence-corrected chi connectivity index (χ3v) is 3.44. The van der Waals surface area contributed by atoms with E-state index < -0.39 is 51.6 Å². The number of carbonyl (C=O) groups is 4. The topological polar surface area (TPSA) is 181 Å². The highest BCUT2D eigenvalue weighted by atomic mass is 16.4. The number of primary amides is 2. The van der Waals surface area contributed by atoms with Crippen molar-refractivity contribution in [1.82, 2.24) is 0 Å². The molecule has 0 aliphatic heterocycles. The first-order chi connectivity index (χ1) is 11.6. The highest BCUT2D eigenvalue weighted by molar-refractivity contribution is 6.17. The minimum absolute atomic E-state index is 0.0400. The van der Waals surface area contributed by atoms with Gasteiger partial charge in [-0.05, 0) is 23.8 Å². The molecule has 2 aromatic carbocycles. The molecule has 0 spiro atoms. The summed E-state index contributed by atoms with van der Waals surface area (Å²) in [6.07, 6.45) is 0. The quantitative estimate of drug-likeness (QED) is 0.527. The third kappa shape index (κ3) is 3.11. The number of nitrogens with two attached hydrogens (primary N) is 2. The minimum Gasteiger partial charge on any atom is -0.508 e. The van der Waals surface area contributed by atoms with Gasteiger partial charge in [-0.2, -0.15) is 0 Å². The molecule has 9 heteroatoms. The molecular formula is C16H12N2O7. The average Bonchev–Trinajstić information content (AvgIpc) is 2.52. The van der Waals surface area contributed by atoms with Crippen LogP contribution in [0.25, 0.3) is 11.1 Å². The first kappa shape index (κ1) is 17.5. The van der Waals surface area contributed by atoms with Crippen LogP contribution >= 0.6 is 0 Å². The van der Waals surface area contributed by atoms with Gasteiger partial charge in [-0.15, -0.1) is 0 Å². The van der Waals surface area contributed by atoms with Crippen LogP contribution in [0.3, 0.4) is 0 Å². The maximum absolute atomic E-state index is 11.7. The van der Waals surface area contributed by atoms with Crippen LogP contribution < -0.4 is 11.5 Å². The van der Waals surface area contributed by atoms with E-state index in [1.54, 1.807) is 0 Å². The van der Waals surface area contributed by atoms with Crippen LogP contribution in [0, 0.1) is 0 Å². The summed E-state index contributed by atoms with van der Waals surface area (Å²) in [6, 6.07) is 5.60. The Bertz CT molecular complexity index is 867. The Hall–Kier alpha value is -3.88. The number of carboxylic acids is 2. The molecule has 2 rings (SSSR count). The van der Waals surface area contributed by atoms with E-state index >= 15 is 0 Å². The molecule has 0 atom stereocenters. The van der Waals surface area contributed by atoms with Crippen LogP contribution in [0.2, 0.25) is 0 Å². The van der Waals surface area contributed by atoms with Crippen molar-refractivity contribution >= 4 is 23.8 Å². The fraction of sp³-hybridized carbons (Fsp3) is 0. The van der Waals surface area contributed by atoms with E-state index in [2.05, 4.69) is 0 Å². The molecule has 7 N–H and O–H groups in total. The first-order valence-corrected chi connectivity index (χ1v) is 6.71. The molecule has 0 aliphatic rings. The maximum Gasteiger partial charge on any atom is 0.337 e. The van der Waals surface area contributed by atoms with Gasteiger partial charge in [0.05, 0.1) is 22.3 Å². The Morgan fingerprint density at radius 1 is 0.760 bits per heavy atom. The van der Waals surface area contributed by atoms with E-state index in [-0.39, 0.29) is 11.3 Å². The number of aromatic hydroxyl groups is 1. The molecule has 128 valence electrons. The van der Waals surface area contributed by atoms with E-state index in [0.717, 1.165) is 6.07 Å². The summed E-state index contributed by atoms with van der Waals surface area (Å²) in [5.41, 5.74) is 7.50. The van der Waals surface area contributed by atoms with Gasteiger partial charge in [0, 0.05) is 5.56 Å². The van der Waals surface area contributed by atoms with Crippen LogP contribution in [0.4, 0.5) is 0 Å². The van der Waals surface area contributed by atoms with Crippen molar-refractivity contribution in [3.63, 3.8) is 0 Å². The zero-order valence-corrected chi connectivity index (χ0v) is 12.5. The Balaban J connectivity index is 3.10. The second-order valence-corrected chi connectivity index (χ2v) is 4.98. The van der Waals surface area contributed by atoms with Crippen molar-refractivity contribution in [3.8, 4) is 16.9 Å². The van der Waals surface area contributed by atoms with E-state index in [9.17, 15) is 34.5 Å². The van der Waals surface area contributed by atoms with Gasteiger partial charge in [-0.1, -0.05) is 12.1 Å². The van der Waals surface area contributed by atoms with Gasteiger partial charge in [0.1, 0.15) is 5.75 Å². The van der Waals surface area contributed by atoms with Crippen LogP contribution in [0.5, 0.6) is 5.75 Å². The van der Waals surface area contributed by atoms with Gasteiger partial charge in [-0.25, -0.2) is 9.59 Å². The number of rotatable bonds is 5. The summed E-state index contributed by atoms with van der Waals surface area (Å²) in [4.78, 5) is 46.6. The number of carbonyl (C=O) groups excluding carboxylic acids is 2. The van der Waals surface area contributed by atoms with Crippen LogP contribution in [0.1, 0.15) is 41.4 Å². The zero-order valence-electron chi connectivity index (χ0n) is 12.5. The van der Waals surface area contributed by atoms with Crippen molar-refractivity contribution in [2.24, 2.45) is 11.5 Å². The molecule has 0 heterocycles. The molecule has 25 heavy (non-hydrogen) atoms. The number of phenolic OH excluding ortho intramolecular Hbond substituents is 1. The highest BCUT2D eigenvalue weighted by Crippen LogP contribution is 2.34. The SMILES string of the molecule is NC(=O)c1cc(C(N)=O)c(C(=O)O)c(-c2ccc(O)cc2)c1C(=O)O. The fourth-order valence-corrected chi connectivity index (χ4v) is 2.43. The first-order valence-electron chi connectivity index (χ1n) is 6.71. The molecule has 0 bridgehead atoms. The summed E-state index contributed by atoms with van der Waals surface area (Å²) >= 11 is 0. The van der Waals surface area contributed by atoms with Crippen molar-refractivity contribution in [3.05, 3.63) is 52.6 Å². The van der Waals surface area contributed by atoms with Crippen molar-refractivity contribution in [2.75, 3.05) is 0 Å². The summed E-state index contributed by atoms with van der Waals surface area (Å²) in [6.45, 7) is 0. The molecule has 0 radical (unpaired) electrons. The number of phenols is 1. The van der Waals surface area contributed by atoms with Crippen molar-refractivity contribution in [1.29, 1.82) is 0 Å². The summed E-state index contributed by atoms with van der Waals surface area (Å²) in [5, 5.41) is 28.3. The Labute approximate surface area is 140 Å². The normalized spacial score (nSPS) is 10.2. The van der Waals surface area contributed by atoms with Crippen LogP contribution in [0.15, 0.2) is 30.3 Å². The second-order valence-electron chi connectivity index (χ2n) is 4.98. The van der Waals surface area contributed by atoms with Gasteiger partial charge in [0.25, 0.3) is 0 Å². The predicted molar refractivity (Wildman–Crippen MR) is 84.5 cm³/mol. The monoisotopic (exact) mass is 344 g/mol. The van der Waals surface area contributed by atoms with E-state index in [4.69, 9.17) is 11.5 Å². The molecule has 0 aliphatic carbocycles. The largest absolute Gasteiger partial charge is 0.508 e. The lowest BCUT2D eigenvalue weighted by atomic mass is 9.86. The highest BCUT2D eigenvalue weighted by Gasteiger charge is 2.30. The fourth-order valence-electron chi connectivity index (χ4n) is 2.43. The molecule has 0 unspecified atom stereocenters. The Morgan fingerprint density at radius 2 is 1.16 bits per heavy atom. The average molecular weight is 344 g/mol. The van der Waals surface area contributed by atoms with Crippen LogP contribution in [-0.2, 0) is 0 Å². The van der Waals surface area contributed by atoms with Gasteiger partial charge in [0.15, 0.2) is 0 Å². The molecule has 2 amide bonds. The zero-order chi connectivity index (χ0) is 18.9. The number of benzene rings is 2. The number of hydrogen-bond donors (Lipinski definition) is 5. The van der Waals surface area contributed by atoms with E-state index in [0.29, 0.717) is 0 Å². The third-order valence-electron chi connectivity index (χ3n) is 3.44. The smallest absolute Gasteiger partial charge is 0.337 e. The summed E-state index contributed by atoms with van der Waals surface area (Å²) < 4.78 is 0. The Morgan fingerprint density at radius 3 is 1.48 bits per heavy atom. The van der Waals surface area contributed by atoms with E-state index in [1.165, 1.54) is 24.3 Å².